The van der Waals surface area contributed by atoms with Gasteiger partial charge in [0.15, 0.2) is 6.10 Å². The van der Waals surface area contributed by atoms with Gasteiger partial charge in [-0.3, -0.25) is 19.2 Å². The molecule has 0 radical (unpaired) electrons. The van der Waals surface area contributed by atoms with Crippen molar-refractivity contribution in [2.24, 2.45) is 23.7 Å². The Morgan fingerprint density at radius 3 is 2.13 bits per heavy atom. The Morgan fingerprint density at radius 1 is 0.887 bits per heavy atom. The largest absolute Gasteiger partial charge is 0.460 e. The van der Waals surface area contributed by atoms with Crippen LogP contribution in [0.1, 0.15) is 92.6 Å². The summed E-state index contributed by atoms with van der Waals surface area (Å²) >= 11 is 0. The number of ether oxygens (including phenoxy) is 2. The third-order valence-corrected chi connectivity index (χ3v) is 10.8. The number of esters is 2. The normalized spacial score (nSPS) is 27.8. The summed E-state index contributed by atoms with van der Waals surface area (Å²) in [5, 5.41) is 2.90. The molecular formula is C41H62N4O8. The number of carbonyl (C=O) groups excluding carboxylic acids is 6. The Bertz CT molecular complexity index is 1450. The molecule has 0 aliphatic carbocycles. The van der Waals surface area contributed by atoms with Gasteiger partial charge in [-0.25, -0.2) is 9.59 Å². The summed E-state index contributed by atoms with van der Waals surface area (Å²) in [5.74, 6) is -5.32. The molecule has 8 atom stereocenters. The molecule has 0 aromatic heterocycles. The first-order chi connectivity index (χ1) is 25.0. The van der Waals surface area contributed by atoms with Crippen LogP contribution >= 0.6 is 0 Å². The smallest absolute Gasteiger partial charge is 0.329 e. The summed E-state index contributed by atoms with van der Waals surface area (Å²) in [6.45, 7) is 16.6. The van der Waals surface area contributed by atoms with Gasteiger partial charge in [0.2, 0.25) is 17.7 Å². The summed E-state index contributed by atoms with van der Waals surface area (Å²) in [6.07, 6.45) is 2.82. The predicted octanol–water partition coefficient (Wildman–Crippen LogP) is 4.55. The van der Waals surface area contributed by atoms with Crippen molar-refractivity contribution < 1.29 is 38.2 Å². The fourth-order valence-electron chi connectivity index (χ4n) is 7.14. The van der Waals surface area contributed by atoms with Crippen molar-refractivity contribution >= 4 is 35.6 Å². The van der Waals surface area contributed by atoms with Crippen molar-refractivity contribution in [3.05, 3.63) is 48.6 Å². The maximum Gasteiger partial charge on any atom is 0.329 e. The van der Waals surface area contributed by atoms with Crippen LogP contribution < -0.4 is 5.32 Å². The number of nitrogens with zero attached hydrogens (tertiary/aromatic N) is 3. The van der Waals surface area contributed by atoms with E-state index >= 15 is 0 Å². The lowest BCUT2D eigenvalue weighted by atomic mass is 9.94. The van der Waals surface area contributed by atoms with Crippen LogP contribution in [0.2, 0.25) is 0 Å². The molecule has 2 fully saturated rings. The molecule has 0 spiro atoms. The third kappa shape index (κ3) is 10.7. The van der Waals surface area contributed by atoms with Crippen molar-refractivity contribution in [2.75, 3.05) is 20.6 Å². The maximum atomic E-state index is 14.3. The SMILES string of the molecule is C=CCCCC1OC(=O)C(C(C)CC)N(C)C(=O)C2CCCN2C(=O)C(C(C)C)OC(=O)C(Cc2ccccc2)N(C)C(=O)C(C(C)C)NC(=O)C1C. The number of hydrogen-bond acceptors (Lipinski definition) is 8. The van der Waals surface area contributed by atoms with E-state index in [2.05, 4.69) is 11.9 Å². The number of rotatable bonds is 10. The number of hydrogen-bond donors (Lipinski definition) is 1. The Balaban J connectivity index is 2.18. The number of amides is 4. The Labute approximate surface area is 316 Å². The van der Waals surface area contributed by atoms with E-state index in [1.165, 1.54) is 21.7 Å². The van der Waals surface area contributed by atoms with Crippen LogP contribution in [0.5, 0.6) is 0 Å². The standard InChI is InChI=1S/C41H62N4O8/c1-11-13-15-22-32-28(8)36(46)42-33(25(3)4)38(48)43(9)31(24-29-19-16-14-17-20-29)40(50)53-35(26(5)6)39(49)45-23-18-21-30(45)37(47)44(10)34(27(7)12-2)41(51)52-32/h11,14,16-17,19-20,25-28,30-35H,1,12-13,15,18,21-24H2,2-10H3,(H,42,46). The number of unbranched alkanes of at least 4 members (excludes halogenated alkanes) is 1. The second-order valence-electron chi connectivity index (χ2n) is 15.4. The molecule has 1 N–H and O–H groups in total. The molecule has 2 heterocycles. The van der Waals surface area contributed by atoms with Gasteiger partial charge in [0.05, 0.1) is 5.92 Å². The van der Waals surface area contributed by atoms with Gasteiger partial charge in [0, 0.05) is 27.1 Å². The summed E-state index contributed by atoms with van der Waals surface area (Å²) in [6, 6.07) is 5.16. The second kappa shape index (κ2) is 19.7. The highest BCUT2D eigenvalue weighted by molar-refractivity contribution is 5.95. The minimum Gasteiger partial charge on any atom is -0.460 e. The molecule has 8 unspecified atom stereocenters. The molecule has 12 heteroatoms. The molecule has 2 saturated heterocycles. The van der Waals surface area contributed by atoms with Crippen LogP contribution in [-0.2, 0) is 44.7 Å². The van der Waals surface area contributed by atoms with E-state index < -0.39 is 83.8 Å². The van der Waals surface area contributed by atoms with Crippen molar-refractivity contribution in [1.29, 1.82) is 0 Å². The van der Waals surface area contributed by atoms with Gasteiger partial charge in [-0.05, 0) is 55.4 Å². The molecule has 0 bridgehead atoms. The fraction of sp³-hybridized carbons (Fsp3) is 0.659. The monoisotopic (exact) mass is 738 g/mol. The zero-order valence-electron chi connectivity index (χ0n) is 33.2. The predicted molar refractivity (Wildman–Crippen MR) is 202 cm³/mol. The Kier molecular flexibility index (Phi) is 16.1. The van der Waals surface area contributed by atoms with Crippen LogP contribution in [0.15, 0.2) is 43.0 Å². The average molecular weight is 739 g/mol. The lowest BCUT2D eigenvalue weighted by Crippen LogP contribution is -2.57. The van der Waals surface area contributed by atoms with E-state index in [4.69, 9.17) is 9.47 Å². The van der Waals surface area contributed by atoms with Crippen molar-refractivity contribution in [3.63, 3.8) is 0 Å². The van der Waals surface area contributed by atoms with Gasteiger partial charge in [-0.1, -0.05) is 91.3 Å². The molecule has 2 aliphatic heterocycles. The van der Waals surface area contributed by atoms with Crippen LogP contribution in [0, 0.1) is 23.7 Å². The van der Waals surface area contributed by atoms with E-state index in [1.54, 1.807) is 47.7 Å². The molecule has 2 aliphatic rings. The number of likely N-dealkylation sites (N-methyl/N-ethyl adjacent to an activating group) is 2. The molecule has 1 aromatic rings. The van der Waals surface area contributed by atoms with Crippen molar-refractivity contribution in [2.45, 2.75) is 130 Å². The molecule has 53 heavy (non-hydrogen) atoms. The number of nitrogens with one attached hydrogen (secondary N) is 1. The average Bonchev–Trinajstić information content (AvgIpc) is 3.63. The second-order valence-corrected chi connectivity index (χ2v) is 15.4. The summed E-state index contributed by atoms with van der Waals surface area (Å²) in [5.41, 5.74) is 0.770. The van der Waals surface area contributed by atoms with E-state index in [-0.39, 0.29) is 24.8 Å². The molecule has 0 saturated carbocycles. The molecular weight excluding hydrogens is 676 g/mol. The highest BCUT2D eigenvalue weighted by Crippen LogP contribution is 2.28. The van der Waals surface area contributed by atoms with Crippen LogP contribution in [0.25, 0.3) is 0 Å². The summed E-state index contributed by atoms with van der Waals surface area (Å²) in [4.78, 5) is 89.3. The first-order valence-electron chi connectivity index (χ1n) is 19.2. The van der Waals surface area contributed by atoms with E-state index in [1.807, 2.05) is 44.2 Å². The zero-order valence-corrected chi connectivity index (χ0v) is 33.2. The number of benzene rings is 1. The van der Waals surface area contributed by atoms with Gasteiger partial charge in [-0.2, -0.15) is 0 Å². The van der Waals surface area contributed by atoms with Gasteiger partial charge in [0.25, 0.3) is 5.91 Å². The lowest BCUT2D eigenvalue weighted by Gasteiger charge is -2.37. The molecule has 12 nitrogen and oxygen atoms in total. The molecule has 294 valence electrons. The number of allylic oxidation sites excluding steroid dienone is 1. The number of carbonyl (C=O) groups is 6. The molecule has 1 aromatic carbocycles. The first kappa shape index (κ1) is 43.2. The highest BCUT2D eigenvalue weighted by atomic mass is 16.6. The zero-order chi connectivity index (χ0) is 39.6. The third-order valence-electron chi connectivity index (χ3n) is 10.8. The maximum absolute atomic E-state index is 14.3. The van der Waals surface area contributed by atoms with E-state index in [0.29, 0.717) is 38.5 Å². The minimum absolute atomic E-state index is 0.101. The lowest BCUT2D eigenvalue weighted by molar-refractivity contribution is -0.171. The highest BCUT2D eigenvalue weighted by Gasteiger charge is 2.45. The van der Waals surface area contributed by atoms with E-state index in [0.717, 1.165) is 5.56 Å². The van der Waals surface area contributed by atoms with Gasteiger partial charge < -0.3 is 29.5 Å². The number of fused-ring (bicyclic) bond motifs is 1. The van der Waals surface area contributed by atoms with Crippen molar-refractivity contribution in [1.82, 2.24) is 20.0 Å². The fourth-order valence-corrected chi connectivity index (χ4v) is 7.14. The topological polar surface area (TPSA) is 143 Å². The van der Waals surface area contributed by atoms with Gasteiger partial charge >= 0.3 is 11.9 Å². The molecule has 3 rings (SSSR count). The Morgan fingerprint density at radius 2 is 1.55 bits per heavy atom. The quantitative estimate of drug-likeness (QED) is 0.210. The summed E-state index contributed by atoms with van der Waals surface area (Å²) in [7, 11) is 3.05. The van der Waals surface area contributed by atoms with E-state index in [9.17, 15) is 28.8 Å². The van der Waals surface area contributed by atoms with Gasteiger partial charge in [-0.15, -0.1) is 6.58 Å². The number of cyclic esters (lactones) is 2. The Hall–Kier alpha value is -4.22. The van der Waals surface area contributed by atoms with Crippen LogP contribution in [0.3, 0.4) is 0 Å². The first-order valence-corrected chi connectivity index (χ1v) is 19.2. The van der Waals surface area contributed by atoms with Gasteiger partial charge in [0.1, 0.15) is 30.3 Å². The summed E-state index contributed by atoms with van der Waals surface area (Å²) < 4.78 is 12.2. The van der Waals surface area contributed by atoms with Crippen LogP contribution in [0.4, 0.5) is 0 Å². The van der Waals surface area contributed by atoms with Crippen LogP contribution in [-0.4, -0.2) is 107 Å². The van der Waals surface area contributed by atoms with Crippen molar-refractivity contribution in [3.8, 4) is 0 Å². The minimum atomic E-state index is -1.24. The molecule has 4 amide bonds.